The number of nitrogens with zero attached hydrogens (tertiary/aromatic N) is 4. The van der Waals surface area contributed by atoms with Gasteiger partial charge in [-0.3, -0.25) is 4.99 Å². The van der Waals surface area contributed by atoms with E-state index in [0.29, 0.717) is 13.2 Å². The van der Waals surface area contributed by atoms with Crippen molar-refractivity contribution in [3.8, 4) is 17.2 Å². The van der Waals surface area contributed by atoms with E-state index in [0.717, 1.165) is 48.1 Å². The van der Waals surface area contributed by atoms with Crippen molar-refractivity contribution >= 4 is 5.96 Å². The van der Waals surface area contributed by atoms with E-state index in [1.807, 2.05) is 25.1 Å². The Morgan fingerprint density at radius 2 is 1.87 bits per heavy atom. The summed E-state index contributed by atoms with van der Waals surface area (Å²) >= 11 is 0. The molecule has 2 aromatic carbocycles. The lowest BCUT2D eigenvalue weighted by Crippen LogP contribution is -2.37. The van der Waals surface area contributed by atoms with Crippen LogP contribution in [0, 0.1) is 0 Å². The molecule has 0 radical (unpaired) electrons. The summed E-state index contributed by atoms with van der Waals surface area (Å²) in [5, 5.41) is 10.9. The Bertz CT molecular complexity index is 955. The van der Waals surface area contributed by atoms with Gasteiger partial charge in [-0.1, -0.05) is 18.2 Å². The molecule has 8 nitrogen and oxygen atoms in total. The van der Waals surface area contributed by atoms with Gasteiger partial charge >= 0.3 is 0 Å². The molecule has 0 spiro atoms. The molecule has 0 aliphatic heterocycles. The zero-order valence-corrected chi connectivity index (χ0v) is 18.3. The zero-order valence-electron chi connectivity index (χ0n) is 18.3. The van der Waals surface area contributed by atoms with E-state index in [2.05, 4.69) is 50.0 Å². The number of guanidine groups is 1. The number of benzene rings is 2. The molecule has 0 saturated carbocycles. The molecular formula is C23H30N6O2. The maximum atomic E-state index is 5.66. The topological polar surface area (TPSA) is 85.6 Å². The van der Waals surface area contributed by atoms with Crippen LogP contribution in [0.3, 0.4) is 0 Å². The van der Waals surface area contributed by atoms with Gasteiger partial charge < -0.3 is 20.1 Å². The van der Waals surface area contributed by atoms with Crippen molar-refractivity contribution in [3.05, 3.63) is 66.2 Å². The highest BCUT2D eigenvalue weighted by Gasteiger charge is 2.06. The van der Waals surface area contributed by atoms with Gasteiger partial charge in [0.05, 0.1) is 19.4 Å². The lowest BCUT2D eigenvalue weighted by Gasteiger charge is -2.13. The van der Waals surface area contributed by atoms with Crippen molar-refractivity contribution in [3.63, 3.8) is 0 Å². The Morgan fingerprint density at radius 1 is 1.06 bits per heavy atom. The third-order valence-corrected chi connectivity index (χ3v) is 4.77. The second-order valence-electron chi connectivity index (χ2n) is 6.88. The van der Waals surface area contributed by atoms with Gasteiger partial charge in [-0.05, 0) is 55.2 Å². The van der Waals surface area contributed by atoms with Crippen LogP contribution in [0.15, 0.2) is 60.1 Å². The fraction of sp³-hybridized carbons (Fsp3) is 0.348. The molecule has 1 aromatic heterocycles. The van der Waals surface area contributed by atoms with Gasteiger partial charge in [0, 0.05) is 20.1 Å². The summed E-state index contributed by atoms with van der Waals surface area (Å²) in [5.74, 6) is 2.34. The number of aromatic nitrogens is 3. The second-order valence-corrected chi connectivity index (χ2v) is 6.88. The first-order valence-corrected chi connectivity index (χ1v) is 10.4. The molecule has 164 valence electrons. The predicted octanol–water partition coefficient (Wildman–Crippen LogP) is 2.97. The first-order valence-electron chi connectivity index (χ1n) is 10.4. The smallest absolute Gasteiger partial charge is 0.191 e. The van der Waals surface area contributed by atoms with E-state index < -0.39 is 0 Å². The Labute approximate surface area is 183 Å². The number of hydrogen-bond acceptors (Lipinski definition) is 5. The lowest BCUT2D eigenvalue weighted by molar-refractivity contribution is 0.310. The summed E-state index contributed by atoms with van der Waals surface area (Å²) in [6, 6.07) is 14.3. The number of aliphatic imine (C=N–C) groups is 1. The average molecular weight is 423 g/mol. The summed E-state index contributed by atoms with van der Waals surface area (Å²) in [6.45, 7) is 4.10. The Balaban J connectivity index is 1.42. The number of nitrogens with one attached hydrogen (secondary N) is 2. The third-order valence-electron chi connectivity index (χ3n) is 4.77. The van der Waals surface area contributed by atoms with Crippen molar-refractivity contribution in [2.45, 2.75) is 26.3 Å². The van der Waals surface area contributed by atoms with Crippen LogP contribution in [0.4, 0.5) is 0 Å². The van der Waals surface area contributed by atoms with E-state index in [9.17, 15) is 0 Å². The molecule has 0 fully saturated rings. The molecule has 3 rings (SSSR count). The molecule has 0 saturated heterocycles. The van der Waals surface area contributed by atoms with Gasteiger partial charge in [-0.25, -0.2) is 9.67 Å². The summed E-state index contributed by atoms with van der Waals surface area (Å²) in [7, 11) is 3.44. The van der Waals surface area contributed by atoms with Gasteiger partial charge in [0.2, 0.25) is 0 Å². The van der Waals surface area contributed by atoms with E-state index >= 15 is 0 Å². The largest absolute Gasteiger partial charge is 0.493 e. The minimum atomic E-state index is 0.618. The van der Waals surface area contributed by atoms with Gasteiger partial charge in [0.1, 0.15) is 12.7 Å². The summed E-state index contributed by atoms with van der Waals surface area (Å²) in [5.41, 5.74) is 3.37. The zero-order chi connectivity index (χ0) is 21.9. The maximum Gasteiger partial charge on any atom is 0.191 e. The SMILES string of the molecule is CCOc1cc(CCCNC(=NC)NCc2ccc(-n3cncn3)cc2)ccc1OC. The Morgan fingerprint density at radius 3 is 2.55 bits per heavy atom. The molecule has 0 bridgehead atoms. The Kier molecular flexibility index (Phi) is 8.28. The van der Waals surface area contributed by atoms with Crippen LogP contribution in [0.5, 0.6) is 11.5 Å². The number of hydrogen-bond donors (Lipinski definition) is 2. The highest BCUT2D eigenvalue weighted by molar-refractivity contribution is 5.79. The van der Waals surface area contributed by atoms with Gasteiger partial charge in [0.25, 0.3) is 0 Å². The van der Waals surface area contributed by atoms with Crippen LogP contribution in [-0.2, 0) is 13.0 Å². The van der Waals surface area contributed by atoms with Crippen molar-refractivity contribution in [1.29, 1.82) is 0 Å². The monoisotopic (exact) mass is 422 g/mol. The molecule has 0 aliphatic rings. The molecule has 1 heterocycles. The molecule has 3 aromatic rings. The van der Waals surface area contributed by atoms with Crippen molar-refractivity contribution < 1.29 is 9.47 Å². The van der Waals surface area contributed by atoms with Crippen molar-refractivity contribution in [2.75, 3.05) is 27.3 Å². The molecule has 31 heavy (non-hydrogen) atoms. The second kappa shape index (κ2) is 11.6. The van der Waals surface area contributed by atoms with Crippen LogP contribution in [-0.4, -0.2) is 48.0 Å². The molecule has 2 N–H and O–H groups in total. The van der Waals surface area contributed by atoms with Crippen LogP contribution >= 0.6 is 0 Å². The standard InChI is InChI=1S/C23H30N6O2/c1-4-31-22-14-18(9-12-21(22)30-3)6-5-13-26-23(24-2)27-15-19-7-10-20(11-8-19)29-17-25-16-28-29/h7-12,14,16-17H,4-6,13,15H2,1-3H3,(H2,24,26,27). The molecule has 0 unspecified atom stereocenters. The van der Waals surface area contributed by atoms with E-state index in [1.54, 1.807) is 25.2 Å². The predicted molar refractivity (Wildman–Crippen MR) is 122 cm³/mol. The molecule has 0 atom stereocenters. The van der Waals surface area contributed by atoms with Crippen LogP contribution in [0.25, 0.3) is 5.69 Å². The molecule has 0 amide bonds. The highest BCUT2D eigenvalue weighted by atomic mass is 16.5. The molecule has 8 heteroatoms. The van der Waals surface area contributed by atoms with Crippen LogP contribution in [0.1, 0.15) is 24.5 Å². The fourth-order valence-corrected chi connectivity index (χ4v) is 3.16. The average Bonchev–Trinajstić information content (AvgIpc) is 3.34. The van der Waals surface area contributed by atoms with Gasteiger partial charge in [-0.15, -0.1) is 0 Å². The summed E-state index contributed by atoms with van der Waals surface area (Å²) in [6.07, 6.45) is 5.13. The van der Waals surface area contributed by atoms with Crippen LogP contribution in [0.2, 0.25) is 0 Å². The quantitative estimate of drug-likeness (QED) is 0.297. The maximum absolute atomic E-state index is 5.66. The van der Waals surface area contributed by atoms with Crippen molar-refractivity contribution in [2.24, 2.45) is 4.99 Å². The molecular weight excluding hydrogens is 392 g/mol. The van der Waals surface area contributed by atoms with Gasteiger partial charge in [-0.2, -0.15) is 5.10 Å². The summed E-state index contributed by atoms with van der Waals surface area (Å²) < 4.78 is 12.7. The van der Waals surface area contributed by atoms with Crippen molar-refractivity contribution in [1.82, 2.24) is 25.4 Å². The minimum absolute atomic E-state index is 0.618. The highest BCUT2D eigenvalue weighted by Crippen LogP contribution is 2.28. The third kappa shape index (κ3) is 6.47. The number of rotatable bonds is 10. The van der Waals surface area contributed by atoms with E-state index in [1.165, 1.54) is 11.9 Å². The fourth-order valence-electron chi connectivity index (χ4n) is 3.16. The van der Waals surface area contributed by atoms with Gasteiger partial charge in [0.15, 0.2) is 17.5 Å². The first kappa shape index (κ1) is 22.1. The Hall–Kier alpha value is -3.55. The molecule has 0 aliphatic carbocycles. The minimum Gasteiger partial charge on any atom is -0.493 e. The van der Waals surface area contributed by atoms with E-state index in [-0.39, 0.29) is 0 Å². The van der Waals surface area contributed by atoms with E-state index in [4.69, 9.17) is 9.47 Å². The first-order chi connectivity index (χ1) is 15.2. The number of methoxy groups -OCH3 is 1. The normalized spacial score (nSPS) is 11.3. The summed E-state index contributed by atoms with van der Waals surface area (Å²) in [4.78, 5) is 8.27. The number of ether oxygens (including phenoxy) is 2. The van der Waals surface area contributed by atoms with Crippen LogP contribution < -0.4 is 20.1 Å². The number of aryl methyl sites for hydroxylation is 1. The lowest BCUT2D eigenvalue weighted by atomic mass is 10.1.